The molecule has 0 aliphatic carbocycles. The van der Waals surface area contributed by atoms with Gasteiger partial charge in [0.1, 0.15) is 17.2 Å². The molecule has 0 radical (unpaired) electrons. The van der Waals surface area contributed by atoms with Crippen molar-refractivity contribution in [1.29, 1.82) is 0 Å². The second-order valence-corrected chi connectivity index (χ2v) is 6.51. The summed E-state index contributed by atoms with van der Waals surface area (Å²) in [5, 5.41) is 19.2. The summed E-state index contributed by atoms with van der Waals surface area (Å²) >= 11 is 0. The van der Waals surface area contributed by atoms with Gasteiger partial charge in [-0.05, 0) is 43.2 Å². The van der Waals surface area contributed by atoms with E-state index in [1.54, 1.807) is 36.4 Å². The maximum atomic E-state index is 11.6. The number of carboxylic acids is 1. The number of aliphatic carboxylic acids is 1. The van der Waals surface area contributed by atoms with Gasteiger partial charge >= 0.3 is 5.97 Å². The molecular weight excluding hydrogens is 360 g/mol. The molecule has 2 aromatic carbocycles. The molecule has 2 N–H and O–H groups in total. The van der Waals surface area contributed by atoms with Gasteiger partial charge in [-0.3, -0.25) is 9.59 Å². The van der Waals surface area contributed by atoms with Crippen LogP contribution in [0.2, 0.25) is 0 Å². The second-order valence-electron chi connectivity index (χ2n) is 6.51. The molecule has 2 aromatic rings. The average Bonchev–Trinajstić information content (AvgIpc) is 2.63. The Morgan fingerprint density at radius 1 is 1.07 bits per heavy atom. The Kier molecular flexibility index (Phi) is 7.87. The van der Waals surface area contributed by atoms with E-state index in [9.17, 15) is 14.7 Å². The van der Waals surface area contributed by atoms with Crippen LogP contribution in [-0.4, -0.2) is 35.2 Å². The first kappa shape index (κ1) is 21.3. The zero-order valence-corrected chi connectivity index (χ0v) is 16.2. The quantitative estimate of drug-likeness (QED) is 0.447. The monoisotopic (exact) mass is 386 g/mol. The Balaban J connectivity index is 1.89. The highest BCUT2D eigenvalue weighted by Gasteiger charge is 2.15. The molecule has 0 aliphatic rings. The molecule has 0 atom stereocenters. The van der Waals surface area contributed by atoms with Crippen LogP contribution in [-0.2, 0) is 17.6 Å². The normalized spacial score (nSPS) is 10.5. The van der Waals surface area contributed by atoms with Crippen molar-refractivity contribution < 1.29 is 29.3 Å². The molecule has 28 heavy (non-hydrogen) atoms. The number of carbonyl (C=O) groups is 2. The molecule has 0 amide bonds. The average molecular weight is 386 g/mol. The number of ether oxygens (including phenoxy) is 2. The minimum absolute atomic E-state index is 0.00153. The molecule has 0 saturated heterocycles. The SMILES string of the molecule is CCCc1c(OCCCOc2cccc(CC(=O)O)c2)ccc(C(C)=O)c1O. The number of hydrogen-bond donors (Lipinski definition) is 2. The van der Waals surface area contributed by atoms with Gasteiger partial charge < -0.3 is 19.7 Å². The van der Waals surface area contributed by atoms with Crippen LogP contribution >= 0.6 is 0 Å². The molecule has 0 bridgehead atoms. The van der Waals surface area contributed by atoms with Crippen molar-refractivity contribution in [3.8, 4) is 17.2 Å². The fourth-order valence-electron chi connectivity index (χ4n) is 2.88. The van der Waals surface area contributed by atoms with Crippen molar-refractivity contribution in [2.75, 3.05) is 13.2 Å². The van der Waals surface area contributed by atoms with E-state index in [0.717, 1.165) is 6.42 Å². The molecule has 0 unspecified atom stereocenters. The van der Waals surface area contributed by atoms with Gasteiger partial charge in [0.2, 0.25) is 0 Å². The van der Waals surface area contributed by atoms with Crippen LogP contribution in [0.1, 0.15) is 48.2 Å². The first-order chi connectivity index (χ1) is 13.4. The van der Waals surface area contributed by atoms with Crippen molar-refractivity contribution in [1.82, 2.24) is 0 Å². The van der Waals surface area contributed by atoms with E-state index in [-0.39, 0.29) is 18.0 Å². The number of benzene rings is 2. The van der Waals surface area contributed by atoms with E-state index in [1.165, 1.54) is 6.92 Å². The maximum Gasteiger partial charge on any atom is 0.307 e. The fraction of sp³-hybridized carbons (Fsp3) is 0.364. The summed E-state index contributed by atoms with van der Waals surface area (Å²) in [6.45, 7) is 4.23. The van der Waals surface area contributed by atoms with Crippen molar-refractivity contribution in [3.05, 3.63) is 53.1 Å². The molecule has 0 fully saturated rings. The summed E-state index contributed by atoms with van der Waals surface area (Å²) in [4.78, 5) is 22.4. The Hall–Kier alpha value is -3.02. The maximum absolute atomic E-state index is 11.6. The van der Waals surface area contributed by atoms with Crippen LogP contribution in [0.3, 0.4) is 0 Å². The summed E-state index contributed by atoms with van der Waals surface area (Å²) in [6, 6.07) is 10.3. The van der Waals surface area contributed by atoms with E-state index in [1.807, 2.05) is 6.92 Å². The van der Waals surface area contributed by atoms with Gasteiger partial charge in [-0.25, -0.2) is 0 Å². The Morgan fingerprint density at radius 2 is 1.82 bits per heavy atom. The lowest BCUT2D eigenvalue weighted by Gasteiger charge is -2.15. The van der Waals surface area contributed by atoms with Crippen molar-refractivity contribution in [3.63, 3.8) is 0 Å². The second kappa shape index (κ2) is 10.3. The van der Waals surface area contributed by atoms with Gasteiger partial charge in [0.25, 0.3) is 0 Å². The zero-order valence-electron chi connectivity index (χ0n) is 16.2. The molecule has 0 aromatic heterocycles. The highest BCUT2D eigenvalue weighted by Crippen LogP contribution is 2.33. The minimum Gasteiger partial charge on any atom is -0.507 e. The van der Waals surface area contributed by atoms with Gasteiger partial charge in [-0.15, -0.1) is 0 Å². The molecule has 6 heteroatoms. The molecule has 0 aliphatic heterocycles. The van der Waals surface area contributed by atoms with Gasteiger partial charge in [0, 0.05) is 12.0 Å². The van der Waals surface area contributed by atoms with Crippen LogP contribution < -0.4 is 9.47 Å². The first-order valence-electron chi connectivity index (χ1n) is 9.34. The third kappa shape index (κ3) is 6.01. The Bertz CT molecular complexity index is 828. The lowest BCUT2D eigenvalue weighted by Crippen LogP contribution is -2.07. The molecule has 0 heterocycles. The third-order valence-corrected chi connectivity index (χ3v) is 4.19. The predicted molar refractivity (Wildman–Crippen MR) is 105 cm³/mol. The largest absolute Gasteiger partial charge is 0.507 e. The number of ketones is 1. The number of carbonyl (C=O) groups excluding carboxylic acids is 1. The third-order valence-electron chi connectivity index (χ3n) is 4.19. The first-order valence-corrected chi connectivity index (χ1v) is 9.34. The van der Waals surface area contributed by atoms with Gasteiger partial charge in [0.05, 0.1) is 25.2 Å². The van der Waals surface area contributed by atoms with Crippen molar-refractivity contribution >= 4 is 11.8 Å². The van der Waals surface area contributed by atoms with Crippen LogP contribution in [0.15, 0.2) is 36.4 Å². The standard InChI is InChI=1S/C22H26O6/c1-3-6-19-20(10-9-18(15(2)23)22(19)26)28-12-5-11-27-17-8-4-7-16(13-17)14-21(24)25/h4,7-10,13,26H,3,5-6,11-12,14H2,1-2H3,(H,24,25). The summed E-state index contributed by atoms with van der Waals surface area (Å²) in [6.07, 6.45) is 2.01. The van der Waals surface area contributed by atoms with E-state index >= 15 is 0 Å². The van der Waals surface area contributed by atoms with Gasteiger partial charge in [0.15, 0.2) is 5.78 Å². The van der Waals surface area contributed by atoms with E-state index in [0.29, 0.717) is 54.2 Å². The van der Waals surface area contributed by atoms with E-state index < -0.39 is 5.97 Å². The van der Waals surface area contributed by atoms with Crippen molar-refractivity contribution in [2.45, 2.75) is 39.5 Å². The van der Waals surface area contributed by atoms with Crippen LogP contribution in [0.4, 0.5) is 0 Å². The highest BCUT2D eigenvalue weighted by atomic mass is 16.5. The lowest BCUT2D eigenvalue weighted by molar-refractivity contribution is -0.136. The van der Waals surface area contributed by atoms with Gasteiger partial charge in [-0.1, -0.05) is 25.5 Å². The van der Waals surface area contributed by atoms with E-state index in [4.69, 9.17) is 14.6 Å². The van der Waals surface area contributed by atoms with Crippen LogP contribution in [0.25, 0.3) is 0 Å². The smallest absolute Gasteiger partial charge is 0.307 e. The van der Waals surface area contributed by atoms with Crippen LogP contribution in [0, 0.1) is 0 Å². The number of Topliss-reactive ketones (excluding diaryl/α,β-unsaturated/α-hetero) is 1. The summed E-state index contributed by atoms with van der Waals surface area (Å²) in [5.74, 6) is 0.132. The minimum atomic E-state index is -0.882. The number of aromatic hydroxyl groups is 1. The van der Waals surface area contributed by atoms with Crippen molar-refractivity contribution in [2.24, 2.45) is 0 Å². The van der Waals surface area contributed by atoms with E-state index in [2.05, 4.69) is 0 Å². The molecule has 2 rings (SSSR count). The fourth-order valence-corrected chi connectivity index (χ4v) is 2.88. The summed E-state index contributed by atoms with van der Waals surface area (Å²) < 4.78 is 11.4. The Labute approximate surface area is 164 Å². The van der Waals surface area contributed by atoms with Crippen LogP contribution in [0.5, 0.6) is 17.2 Å². The number of carboxylic acid groups (broad SMARTS) is 1. The predicted octanol–water partition coefficient (Wildman–Crippen LogP) is 4.02. The number of phenolic OH excluding ortho intramolecular Hbond substituents is 1. The Morgan fingerprint density at radius 3 is 2.50 bits per heavy atom. The molecule has 0 spiro atoms. The summed E-state index contributed by atoms with van der Waals surface area (Å²) in [7, 11) is 0. The molecule has 6 nitrogen and oxygen atoms in total. The zero-order chi connectivity index (χ0) is 20.5. The number of phenols is 1. The molecular formula is C22H26O6. The van der Waals surface area contributed by atoms with Gasteiger partial charge in [-0.2, -0.15) is 0 Å². The molecule has 0 saturated carbocycles. The molecule has 150 valence electrons. The number of rotatable bonds is 11. The highest BCUT2D eigenvalue weighted by molar-refractivity contribution is 5.97. The lowest BCUT2D eigenvalue weighted by atomic mass is 10.0. The summed E-state index contributed by atoms with van der Waals surface area (Å²) in [5.41, 5.74) is 1.64. The number of hydrogen-bond acceptors (Lipinski definition) is 5. The topological polar surface area (TPSA) is 93.1 Å².